The maximum absolute atomic E-state index is 13.4. The Hall–Kier alpha value is -3.48. The maximum Gasteiger partial charge on any atom is 0.274 e. The first kappa shape index (κ1) is 22.7. The van der Waals surface area contributed by atoms with Crippen LogP contribution in [0.3, 0.4) is 0 Å². The van der Waals surface area contributed by atoms with E-state index in [-0.39, 0.29) is 23.4 Å². The number of likely N-dealkylation sites (tertiary alicyclic amines) is 1. The fourth-order valence-corrected chi connectivity index (χ4v) is 4.29. The molecule has 7 nitrogen and oxygen atoms in total. The standard InChI is InChI=1S/C26H30N4O3/c1-2-3-9-16-30-25(32)22-13-8-7-12-21(22)23(28-30)26(33)29-17-14-20(15-18-29)27-24(31)19-10-5-4-6-11-19/h4-8,10-13,20H,2-3,9,14-18H2,1H3,(H,27,31). The van der Waals surface area contributed by atoms with E-state index in [4.69, 9.17) is 0 Å². The van der Waals surface area contributed by atoms with Crippen molar-refractivity contribution in [2.24, 2.45) is 0 Å². The van der Waals surface area contributed by atoms with Crippen LogP contribution >= 0.6 is 0 Å². The predicted octanol–water partition coefficient (Wildman–Crippen LogP) is 3.62. The number of hydrogen-bond donors (Lipinski definition) is 1. The number of carbonyl (C=O) groups is 2. The van der Waals surface area contributed by atoms with Gasteiger partial charge in [0.25, 0.3) is 17.4 Å². The molecule has 172 valence electrons. The number of aryl methyl sites for hydroxylation is 1. The molecule has 2 amide bonds. The van der Waals surface area contributed by atoms with Crippen LogP contribution in [0.5, 0.6) is 0 Å². The minimum atomic E-state index is -0.164. The quantitative estimate of drug-likeness (QED) is 0.562. The number of piperidine rings is 1. The molecule has 4 rings (SSSR count). The summed E-state index contributed by atoms with van der Waals surface area (Å²) < 4.78 is 1.44. The van der Waals surface area contributed by atoms with Crippen LogP contribution in [0.2, 0.25) is 0 Å². The SMILES string of the molecule is CCCCCn1nc(C(=O)N2CCC(NC(=O)c3ccccc3)CC2)c2ccccc2c1=O. The second-order valence-electron chi connectivity index (χ2n) is 8.54. The maximum atomic E-state index is 13.4. The number of aromatic nitrogens is 2. The fourth-order valence-electron chi connectivity index (χ4n) is 4.29. The Kier molecular flexibility index (Phi) is 7.17. The third-order valence-corrected chi connectivity index (χ3v) is 6.20. The van der Waals surface area contributed by atoms with Gasteiger partial charge in [0.2, 0.25) is 0 Å². The molecule has 1 saturated heterocycles. The Balaban J connectivity index is 1.48. The Morgan fingerprint density at radius 3 is 2.33 bits per heavy atom. The van der Waals surface area contributed by atoms with Gasteiger partial charge in [-0.2, -0.15) is 5.10 Å². The number of nitrogens with one attached hydrogen (secondary N) is 1. The van der Waals surface area contributed by atoms with Gasteiger partial charge in [-0.15, -0.1) is 0 Å². The van der Waals surface area contributed by atoms with E-state index in [0.717, 1.165) is 19.3 Å². The van der Waals surface area contributed by atoms with Crippen molar-refractivity contribution in [1.29, 1.82) is 0 Å². The summed E-state index contributed by atoms with van der Waals surface area (Å²) in [5.74, 6) is -0.254. The second kappa shape index (κ2) is 10.4. The first-order valence-corrected chi connectivity index (χ1v) is 11.7. The van der Waals surface area contributed by atoms with Crippen molar-refractivity contribution < 1.29 is 9.59 Å². The van der Waals surface area contributed by atoms with E-state index in [2.05, 4.69) is 17.3 Å². The summed E-state index contributed by atoms with van der Waals surface area (Å²) >= 11 is 0. The summed E-state index contributed by atoms with van der Waals surface area (Å²) in [7, 11) is 0. The molecule has 0 radical (unpaired) electrons. The van der Waals surface area contributed by atoms with Crippen LogP contribution < -0.4 is 10.9 Å². The molecule has 0 unspecified atom stereocenters. The van der Waals surface area contributed by atoms with E-state index < -0.39 is 0 Å². The molecule has 1 aliphatic rings. The number of unbranched alkanes of at least 4 members (excludes halogenated alkanes) is 2. The van der Waals surface area contributed by atoms with E-state index in [9.17, 15) is 14.4 Å². The Morgan fingerprint density at radius 1 is 0.970 bits per heavy atom. The molecule has 0 saturated carbocycles. The smallest absolute Gasteiger partial charge is 0.274 e. The number of amides is 2. The van der Waals surface area contributed by atoms with Gasteiger partial charge in [-0.05, 0) is 37.5 Å². The van der Waals surface area contributed by atoms with E-state index in [0.29, 0.717) is 54.5 Å². The van der Waals surface area contributed by atoms with Crippen molar-refractivity contribution in [2.45, 2.75) is 51.6 Å². The van der Waals surface area contributed by atoms with E-state index in [1.165, 1.54) is 4.68 Å². The zero-order chi connectivity index (χ0) is 23.2. The Bertz CT molecular complexity index is 1180. The molecule has 0 spiro atoms. The van der Waals surface area contributed by atoms with Gasteiger partial charge in [0.15, 0.2) is 5.69 Å². The lowest BCUT2D eigenvalue weighted by atomic mass is 10.0. The number of hydrogen-bond acceptors (Lipinski definition) is 4. The zero-order valence-corrected chi connectivity index (χ0v) is 19.0. The summed E-state index contributed by atoms with van der Waals surface area (Å²) in [5.41, 5.74) is 0.811. The van der Waals surface area contributed by atoms with Gasteiger partial charge >= 0.3 is 0 Å². The highest BCUT2D eigenvalue weighted by molar-refractivity contribution is 6.04. The lowest BCUT2D eigenvalue weighted by molar-refractivity contribution is 0.0692. The molecule has 2 heterocycles. The van der Waals surface area contributed by atoms with Gasteiger partial charge in [0, 0.05) is 36.6 Å². The fraction of sp³-hybridized carbons (Fsp3) is 0.385. The van der Waals surface area contributed by atoms with Crippen LogP contribution in [-0.4, -0.2) is 45.6 Å². The van der Waals surface area contributed by atoms with Crippen molar-refractivity contribution in [2.75, 3.05) is 13.1 Å². The van der Waals surface area contributed by atoms with Crippen LogP contribution in [-0.2, 0) is 6.54 Å². The second-order valence-corrected chi connectivity index (χ2v) is 8.54. The van der Waals surface area contributed by atoms with Gasteiger partial charge < -0.3 is 10.2 Å². The van der Waals surface area contributed by atoms with Gasteiger partial charge in [0.05, 0.1) is 5.39 Å². The highest BCUT2D eigenvalue weighted by Gasteiger charge is 2.27. The molecule has 1 aliphatic heterocycles. The summed E-state index contributed by atoms with van der Waals surface area (Å²) in [6.45, 7) is 3.68. The minimum Gasteiger partial charge on any atom is -0.349 e. The van der Waals surface area contributed by atoms with Crippen LogP contribution in [0.15, 0.2) is 59.4 Å². The Labute approximate surface area is 193 Å². The lowest BCUT2D eigenvalue weighted by Gasteiger charge is -2.32. The number of nitrogens with zero attached hydrogens (tertiary/aromatic N) is 3. The average Bonchev–Trinajstić information content (AvgIpc) is 2.86. The van der Waals surface area contributed by atoms with E-state index in [1.54, 1.807) is 29.2 Å². The molecule has 1 fully saturated rings. The topological polar surface area (TPSA) is 84.3 Å². The molecule has 0 bridgehead atoms. The zero-order valence-electron chi connectivity index (χ0n) is 19.0. The lowest BCUT2D eigenvalue weighted by Crippen LogP contribution is -2.47. The average molecular weight is 447 g/mol. The molecule has 0 aliphatic carbocycles. The van der Waals surface area contributed by atoms with Crippen molar-refractivity contribution >= 4 is 22.6 Å². The first-order valence-electron chi connectivity index (χ1n) is 11.7. The van der Waals surface area contributed by atoms with Crippen molar-refractivity contribution in [3.05, 3.63) is 76.2 Å². The normalized spacial score (nSPS) is 14.4. The van der Waals surface area contributed by atoms with E-state index >= 15 is 0 Å². The first-order chi connectivity index (χ1) is 16.1. The molecule has 2 aromatic carbocycles. The molecule has 3 aromatic rings. The number of rotatable bonds is 7. The Morgan fingerprint density at radius 2 is 1.64 bits per heavy atom. The summed E-state index contributed by atoms with van der Waals surface area (Å²) in [6.07, 6.45) is 4.26. The summed E-state index contributed by atoms with van der Waals surface area (Å²) in [5, 5.41) is 8.69. The van der Waals surface area contributed by atoms with Crippen molar-refractivity contribution in [1.82, 2.24) is 20.0 Å². The summed E-state index contributed by atoms with van der Waals surface area (Å²) in [6, 6.07) is 16.4. The molecule has 1 aromatic heterocycles. The van der Waals surface area contributed by atoms with Gasteiger partial charge in [-0.1, -0.05) is 56.2 Å². The van der Waals surface area contributed by atoms with Gasteiger partial charge in [-0.3, -0.25) is 14.4 Å². The van der Waals surface area contributed by atoms with Crippen LogP contribution in [0.25, 0.3) is 10.8 Å². The third-order valence-electron chi connectivity index (χ3n) is 6.20. The van der Waals surface area contributed by atoms with Gasteiger partial charge in [0.1, 0.15) is 0 Å². The molecular weight excluding hydrogens is 416 g/mol. The van der Waals surface area contributed by atoms with Crippen LogP contribution in [0.1, 0.15) is 59.9 Å². The number of benzene rings is 2. The van der Waals surface area contributed by atoms with Crippen molar-refractivity contribution in [3.8, 4) is 0 Å². The highest BCUT2D eigenvalue weighted by Crippen LogP contribution is 2.19. The van der Waals surface area contributed by atoms with Crippen LogP contribution in [0, 0.1) is 0 Å². The summed E-state index contributed by atoms with van der Waals surface area (Å²) in [4.78, 5) is 40.5. The molecular formula is C26H30N4O3. The predicted molar refractivity (Wildman–Crippen MR) is 128 cm³/mol. The molecule has 0 atom stereocenters. The monoisotopic (exact) mass is 446 g/mol. The molecule has 1 N–H and O–H groups in total. The number of carbonyl (C=O) groups excluding carboxylic acids is 2. The molecule has 7 heteroatoms. The highest BCUT2D eigenvalue weighted by atomic mass is 16.2. The third kappa shape index (κ3) is 5.13. The largest absolute Gasteiger partial charge is 0.349 e. The van der Waals surface area contributed by atoms with Gasteiger partial charge in [-0.25, -0.2) is 4.68 Å². The van der Waals surface area contributed by atoms with Crippen molar-refractivity contribution in [3.63, 3.8) is 0 Å². The van der Waals surface area contributed by atoms with E-state index in [1.807, 2.05) is 30.3 Å². The number of fused-ring (bicyclic) bond motifs is 1. The molecule has 33 heavy (non-hydrogen) atoms. The minimum absolute atomic E-state index is 0.0226. The van der Waals surface area contributed by atoms with Crippen LogP contribution in [0.4, 0.5) is 0 Å².